The first-order chi connectivity index (χ1) is 17.1. The molecule has 0 saturated heterocycles. The Bertz CT molecular complexity index is 1500. The summed E-state index contributed by atoms with van der Waals surface area (Å²) in [5.41, 5.74) is -0.453. The average Bonchev–Trinajstić information content (AvgIpc) is 2.85. The predicted molar refractivity (Wildman–Crippen MR) is 128 cm³/mol. The molecule has 4 rings (SSSR count). The molecule has 0 aliphatic carbocycles. The van der Waals surface area contributed by atoms with Crippen molar-refractivity contribution in [2.75, 3.05) is 14.2 Å². The topological polar surface area (TPSA) is 168 Å². The summed E-state index contributed by atoms with van der Waals surface area (Å²) in [7, 11) is 2.50. The molecule has 10 nitrogen and oxygen atoms in total. The minimum absolute atomic E-state index is 0.0860. The number of carbonyl (C=O) groups is 4. The zero-order valence-corrected chi connectivity index (χ0v) is 18.9. The van der Waals surface area contributed by atoms with Gasteiger partial charge in [-0.3, -0.25) is 0 Å². The predicted octanol–water partition coefficient (Wildman–Crippen LogP) is 4.47. The van der Waals surface area contributed by atoms with Gasteiger partial charge < -0.3 is 29.9 Å². The smallest absolute Gasteiger partial charge is 0.339 e. The van der Waals surface area contributed by atoms with Crippen molar-refractivity contribution >= 4 is 45.4 Å². The Hall–Kier alpha value is -5.12. The number of carboxylic acids is 4. The van der Waals surface area contributed by atoms with E-state index in [1.165, 1.54) is 62.8 Å². The van der Waals surface area contributed by atoms with Crippen LogP contribution in [0.4, 0.5) is 0 Å². The SMILES string of the molecule is COc1c(C(=O)O)cc2cc(C(=O)O)ccc2c1-c1c(OC)c(C(=O)O)cc2cc(C(=O)O)ccc12. The molecule has 36 heavy (non-hydrogen) atoms. The van der Waals surface area contributed by atoms with Crippen molar-refractivity contribution in [2.24, 2.45) is 0 Å². The van der Waals surface area contributed by atoms with Crippen molar-refractivity contribution < 1.29 is 49.1 Å². The van der Waals surface area contributed by atoms with E-state index in [9.17, 15) is 39.6 Å². The van der Waals surface area contributed by atoms with Crippen LogP contribution in [0.15, 0.2) is 48.5 Å². The second kappa shape index (κ2) is 8.91. The van der Waals surface area contributed by atoms with E-state index in [1.54, 1.807) is 0 Å². The van der Waals surface area contributed by atoms with Crippen LogP contribution in [0.25, 0.3) is 32.7 Å². The standard InChI is InChI=1S/C26H18O10/c1-35-21-17(25(31)32)9-13-7-11(23(27)28)3-5-15(13)19(21)20-16-6-4-12(24(29)30)8-14(16)10-18(26(33)34)22(20)36-2/h3-10H,1-2H3,(H,27,28)(H,29,30)(H,31,32)(H,33,34). The number of aromatic carboxylic acids is 4. The van der Waals surface area contributed by atoms with Gasteiger partial charge >= 0.3 is 23.9 Å². The average molecular weight is 490 g/mol. The molecule has 0 saturated carbocycles. The van der Waals surface area contributed by atoms with Crippen LogP contribution in [0, 0.1) is 0 Å². The molecular formula is C26H18O10. The summed E-state index contributed by atoms with van der Waals surface area (Å²) in [4.78, 5) is 47.4. The third-order valence-electron chi connectivity index (χ3n) is 5.80. The van der Waals surface area contributed by atoms with Crippen LogP contribution in [0.3, 0.4) is 0 Å². The molecule has 0 aromatic heterocycles. The van der Waals surface area contributed by atoms with Gasteiger partial charge in [0, 0.05) is 11.1 Å². The van der Waals surface area contributed by atoms with Crippen LogP contribution in [0.2, 0.25) is 0 Å². The van der Waals surface area contributed by atoms with Gasteiger partial charge in [-0.25, -0.2) is 19.2 Å². The second-order valence-corrected chi connectivity index (χ2v) is 7.76. The summed E-state index contributed by atoms with van der Waals surface area (Å²) < 4.78 is 11.0. The van der Waals surface area contributed by atoms with Crippen molar-refractivity contribution in [1.82, 2.24) is 0 Å². The first-order valence-corrected chi connectivity index (χ1v) is 10.3. The molecule has 0 fully saturated rings. The highest BCUT2D eigenvalue weighted by molar-refractivity contribution is 6.16. The fraction of sp³-hybridized carbons (Fsp3) is 0.0769. The number of methoxy groups -OCH3 is 2. The van der Waals surface area contributed by atoms with Crippen LogP contribution in [0.1, 0.15) is 41.4 Å². The van der Waals surface area contributed by atoms with Crippen LogP contribution in [0.5, 0.6) is 11.5 Å². The van der Waals surface area contributed by atoms with Crippen molar-refractivity contribution in [3.05, 3.63) is 70.8 Å². The lowest BCUT2D eigenvalue weighted by Gasteiger charge is -2.21. The van der Waals surface area contributed by atoms with Gasteiger partial charge in [-0.05, 0) is 57.9 Å². The number of benzene rings is 4. The largest absolute Gasteiger partial charge is 0.495 e. The quantitative estimate of drug-likeness (QED) is 0.290. The van der Waals surface area contributed by atoms with Crippen molar-refractivity contribution in [2.45, 2.75) is 0 Å². The fourth-order valence-electron chi connectivity index (χ4n) is 4.28. The molecule has 0 amide bonds. The Labute approximate surface area is 202 Å². The zero-order valence-electron chi connectivity index (χ0n) is 18.9. The summed E-state index contributed by atoms with van der Waals surface area (Å²) in [6, 6.07) is 10.7. The Balaban J connectivity index is 2.30. The Kier molecular flexibility index (Phi) is 5.95. The minimum Gasteiger partial charge on any atom is -0.495 e. The van der Waals surface area contributed by atoms with Gasteiger partial charge in [0.05, 0.1) is 25.3 Å². The molecule has 0 heterocycles. The number of hydrogen-bond acceptors (Lipinski definition) is 6. The second-order valence-electron chi connectivity index (χ2n) is 7.76. The molecule has 0 bridgehead atoms. The Morgan fingerprint density at radius 3 is 1.19 bits per heavy atom. The third-order valence-corrected chi connectivity index (χ3v) is 5.80. The number of ether oxygens (including phenoxy) is 2. The molecule has 0 atom stereocenters. The minimum atomic E-state index is -1.36. The first kappa shape index (κ1) is 24.0. The summed E-state index contributed by atoms with van der Waals surface area (Å²) in [5.74, 6) is -5.38. The summed E-state index contributed by atoms with van der Waals surface area (Å²) >= 11 is 0. The van der Waals surface area contributed by atoms with Crippen molar-refractivity contribution in [3.8, 4) is 22.6 Å². The molecule has 0 aliphatic rings. The van der Waals surface area contributed by atoms with Gasteiger partial charge in [-0.2, -0.15) is 0 Å². The van der Waals surface area contributed by atoms with Gasteiger partial charge in [-0.15, -0.1) is 0 Å². The lowest BCUT2D eigenvalue weighted by atomic mass is 9.87. The molecule has 10 heteroatoms. The molecule has 0 spiro atoms. The summed E-state index contributed by atoms with van der Waals surface area (Å²) in [6.07, 6.45) is 0. The third kappa shape index (κ3) is 3.80. The molecule has 0 radical (unpaired) electrons. The van der Waals surface area contributed by atoms with E-state index in [4.69, 9.17) is 9.47 Å². The maximum atomic E-state index is 12.2. The van der Waals surface area contributed by atoms with Crippen LogP contribution < -0.4 is 9.47 Å². The van der Waals surface area contributed by atoms with Crippen LogP contribution in [-0.4, -0.2) is 58.5 Å². The van der Waals surface area contributed by atoms with Gasteiger partial charge in [0.1, 0.15) is 22.6 Å². The van der Waals surface area contributed by atoms with E-state index in [1.807, 2.05) is 0 Å². The normalized spacial score (nSPS) is 10.8. The molecule has 0 unspecified atom stereocenters. The van der Waals surface area contributed by atoms with E-state index in [0.717, 1.165) is 0 Å². The van der Waals surface area contributed by atoms with Gasteiger partial charge in [0.15, 0.2) is 0 Å². The highest BCUT2D eigenvalue weighted by atomic mass is 16.5. The number of hydrogen-bond donors (Lipinski definition) is 4. The lowest BCUT2D eigenvalue weighted by Crippen LogP contribution is -2.07. The highest BCUT2D eigenvalue weighted by Gasteiger charge is 2.28. The van der Waals surface area contributed by atoms with Gasteiger partial charge in [0.25, 0.3) is 0 Å². The van der Waals surface area contributed by atoms with Crippen molar-refractivity contribution in [3.63, 3.8) is 0 Å². The van der Waals surface area contributed by atoms with Gasteiger partial charge in [0.2, 0.25) is 0 Å². The Morgan fingerprint density at radius 2 is 0.917 bits per heavy atom. The van der Waals surface area contributed by atoms with E-state index in [-0.39, 0.29) is 55.7 Å². The maximum Gasteiger partial charge on any atom is 0.339 e. The number of carboxylic acid groups (broad SMARTS) is 4. The maximum absolute atomic E-state index is 12.2. The van der Waals surface area contributed by atoms with E-state index in [0.29, 0.717) is 10.8 Å². The van der Waals surface area contributed by atoms with E-state index < -0.39 is 23.9 Å². The lowest BCUT2D eigenvalue weighted by molar-refractivity contribution is 0.0682. The van der Waals surface area contributed by atoms with E-state index in [2.05, 4.69) is 0 Å². The number of rotatable bonds is 7. The molecule has 0 aliphatic heterocycles. The van der Waals surface area contributed by atoms with Gasteiger partial charge in [-0.1, -0.05) is 12.1 Å². The molecule has 182 valence electrons. The highest BCUT2D eigenvalue weighted by Crippen LogP contribution is 2.48. The van der Waals surface area contributed by atoms with E-state index >= 15 is 0 Å². The molecule has 4 N–H and O–H groups in total. The number of fused-ring (bicyclic) bond motifs is 2. The first-order valence-electron chi connectivity index (χ1n) is 10.3. The van der Waals surface area contributed by atoms with Crippen LogP contribution >= 0.6 is 0 Å². The zero-order chi connectivity index (χ0) is 26.3. The molecule has 4 aromatic carbocycles. The van der Waals surface area contributed by atoms with Crippen molar-refractivity contribution in [1.29, 1.82) is 0 Å². The fourth-order valence-corrected chi connectivity index (χ4v) is 4.28. The molecular weight excluding hydrogens is 472 g/mol. The summed E-state index contributed by atoms with van der Waals surface area (Å²) in [6.45, 7) is 0. The monoisotopic (exact) mass is 490 g/mol. The van der Waals surface area contributed by atoms with Crippen LogP contribution in [-0.2, 0) is 0 Å². The molecule has 4 aromatic rings. The Morgan fingerprint density at radius 1 is 0.556 bits per heavy atom. The summed E-state index contributed by atoms with van der Waals surface area (Å²) in [5, 5.41) is 39.9.